The molecule has 0 aliphatic carbocycles. The molecule has 30 heavy (non-hydrogen) atoms. The number of guanidine groups is 1. The third-order valence-electron chi connectivity index (χ3n) is 4.48. The number of hydrogen-bond acceptors (Lipinski definition) is 5. The normalized spacial score (nSPS) is 13.4. The van der Waals surface area contributed by atoms with Crippen LogP contribution in [0.4, 0.5) is 5.82 Å². The molecule has 0 bridgehead atoms. The number of rotatable bonds is 8. The summed E-state index contributed by atoms with van der Waals surface area (Å²) in [7, 11) is 0. The van der Waals surface area contributed by atoms with Crippen LogP contribution in [-0.4, -0.2) is 42.2 Å². The van der Waals surface area contributed by atoms with Gasteiger partial charge in [0.25, 0.3) is 0 Å². The van der Waals surface area contributed by atoms with Crippen molar-refractivity contribution in [3.8, 4) is 0 Å². The van der Waals surface area contributed by atoms with Gasteiger partial charge < -0.3 is 25.5 Å². The molecule has 1 atom stereocenters. The van der Waals surface area contributed by atoms with Gasteiger partial charge in [-0.05, 0) is 51.1 Å². The molecule has 3 rings (SSSR count). The van der Waals surface area contributed by atoms with Crippen molar-refractivity contribution < 1.29 is 9.52 Å². The quantitative estimate of drug-likeness (QED) is 0.156. The summed E-state index contributed by atoms with van der Waals surface area (Å²) in [4.78, 5) is 9.10. The Morgan fingerprint density at radius 3 is 2.63 bits per heavy atom. The Morgan fingerprint density at radius 1 is 1.10 bits per heavy atom. The molecular formula is C22H30IN5O2. The lowest BCUT2D eigenvalue weighted by molar-refractivity contribution is 0.0428. The second-order valence-corrected chi connectivity index (χ2v) is 7.12. The van der Waals surface area contributed by atoms with E-state index in [4.69, 9.17) is 4.42 Å². The smallest absolute Gasteiger partial charge is 0.191 e. The summed E-state index contributed by atoms with van der Waals surface area (Å²) in [5, 5.41) is 21.5. The number of anilines is 1. The molecule has 2 heterocycles. The van der Waals surface area contributed by atoms with Crippen molar-refractivity contribution in [2.24, 2.45) is 4.99 Å². The summed E-state index contributed by atoms with van der Waals surface area (Å²) in [6.07, 6.45) is 0. The minimum atomic E-state index is -1.16. The lowest BCUT2D eigenvalue weighted by atomic mass is 10.0. The van der Waals surface area contributed by atoms with Crippen molar-refractivity contribution in [3.05, 3.63) is 60.1 Å². The van der Waals surface area contributed by atoms with E-state index < -0.39 is 5.60 Å². The number of benzene rings is 1. The molecule has 3 aromatic rings. The van der Waals surface area contributed by atoms with Gasteiger partial charge in [-0.3, -0.25) is 0 Å². The van der Waals surface area contributed by atoms with Crippen LogP contribution >= 0.6 is 24.0 Å². The highest BCUT2D eigenvalue weighted by molar-refractivity contribution is 14.0. The average Bonchev–Trinajstić information content (AvgIpc) is 3.16. The van der Waals surface area contributed by atoms with Crippen molar-refractivity contribution in [1.29, 1.82) is 0 Å². The van der Waals surface area contributed by atoms with Gasteiger partial charge in [0.05, 0.1) is 12.1 Å². The number of para-hydroxylation sites is 1. The maximum absolute atomic E-state index is 10.6. The largest absolute Gasteiger partial charge is 0.463 e. The van der Waals surface area contributed by atoms with Gasteiger partial charge in [-0.25, -0.2) is 9.98 Å². The van der Waals surface area contributed by atoms with E-state index in [1.54, 1.807) is 13.0 Å². The lowest BCUT2D eigenvalue weighted by Gasteiger charge is -2.19. The van der Waals surface area contributed by atoms with Gasteiger partial charge in [0, 0.05) is 25.0 Å². The molecule has 0 amide bonds. The summed E-state index contributed by atoms with van der Waals surface area (Å²) in [5.41, 5.74) is -0.195. The molecule has 162 valence electrons. The number of aromatic nitrogens is 1. The van der Waals surface area contributed by atoms with Gasteiger partial charge in [-0.2, -0.15) is 0 Å². The van der Waals surface area contributed by atoms with E-state index >= 15 is 0 Å². The zero-order valence-corrected chi connectivity index (χ0v) is 19.9. The summed E-state index contributed by atoms with van der Waals surface area (Å²) in [5.74, 6) is 2.76. The van der Waals surface area contributed by atoms with Crippen molar-refractivity contribution in [3.63, 3.8) is 0 Å². The maximum atomic E-state index is 10.6. The van der Waals surface area contributed by atoms with Crippen LogP contribution in [-0.2, 0) is 5.60 Å². The first-order valence-electron chi connectivity index (χ1n) is 9.89. The first kappa shape index (κ1) is 23.9. The number of nitrogens with zero attached hydrogens (tertiary/aromatic N) is 2. The zero-order valence-electron chi connectivity index (χ0n) is 17.6. The van der Waals surface area contributed by atoms with Crippen molar-refractivity contribution >= 4 is 46.7 Å². The van der Waals surface area contributed by atoms with E-state index in [2.05, 4.69) is 32.0 Å². The number of aryl methyl sites for hydroxylation is 1. The number of halogens is 1. The maximum Gasteiger partial charge on any atom is 0.191 e. The van der Waals surface area contributed by atoms with E-state index in [0.29, 0.717) is 24.8 Å². The topological polar surface area (TPSA) is 94.7 Å². The third-order valence-corrected chi connectivity index (χ3v) is 4.48. The predicted molar refractivity (Wildman–Crippen MR) is 133 cm³/mol. The Kier molecular flexibility index (Phi) is 8.91. The van der Waals surface area contributed by atoms with Gasteiger partial charge in [0.15, 0.2) is 5.96 Å². The minimum absolute atomic E-state index is 0. The lowest BCUT2D eigenvalue weighted by Crippen LogP contribution is -2.40. The molecule has 0 aliphatic rings. The van der Waals surface area contributed by atoms with E-state index in [-0.39, 0.29) is 30.5 Å². The fourth-order valence-electron chi connectivity index (χ4n) is 2.91. The number of pyridine rings is 1. The van der Waals surface area contributed by atoms with Crippen LogP contribution in [0.2, 0.25) is 0 Å². The molecule has 4 N–H and O–H groups in total. The highest BCUT2D eigenvalue weighted by atomic mass is 127. The standard InChI is InChI=1S/C22H29N5O2.HI/c1-4-23-21(26-15-22(3,28)19-11-9-16(2)29-19)25-14-13-24-20-12-10-17-7-5-6-8-18(17)27-20;/h5-12,28H,4,13-15H2,1-3H3,(H,24,27)(H2,23,25,26);1H. The highest BCUT2D eigenvalue weighted by Crippen LogP contribution is 2.23. The Balaban J connectivity index is 0.00000320. The number of fused-ring (bicyclic) bond motifs is 1. The molecule has 0 saturated heterocycles. The van der Waals surface area contributed by atoms with E-state index in [1.807, 2.05) is 50.2 Å². The number of hydrogen-bond donors (Lipinski definition) is 4. The Hall–Kier alpha value is -2.33. The van der Waals surface area contributed by atoms with Gasteiger partial charge in [0.1, 0.15) is 22.9 Å². The van der Waals surface area contributed by atoms with E-state index in [9.17, 15) is 5.11 Å². The molecule has 0 radical (unpaired) electrons. The fraction of sp³-hybridized carbons (Fsp3) is 0.364. The van der Waals surface area contributed by atoms with Gasteiger partial charge >= 0.3 is 0 Å². The Morgan fingerprint density at radius 2 is 1.90 bits per heavy atom. The third kappa shape index (κ3) is 6.60. The van der Waals surface area contributed by atoms with Crippen LogP contribution in [0.15, 0.2) is 57.9 Å². The summed E-state index contributed by atoms with van der Waals surface area (Å²) < 4.78 is 5.54. The second kappa shape index (κ2) is 11.2. The van der Waals surface area contributed by atoms with Crippen LogP contribution in [0, 0.1) is 6.92 Å². The molecule has 0 saturated carbocycles. The number of aliphatic imine (C=N–C) groups is 1. The van der Waals surface area contributed by atoms with Crippen LogP contribution in [0.25, 0.3) is 10.9 Å². The monoisotopic (exact) mass is 523 g/mol. The van der Waals surface area contributed by atoms with Gasteiger partial charge in [-0.1, -0.05) is 18.2 Å². The average molecular weight is 523 g/mol. The van der Waals surface area contributed by atoms with Gasteiger partial charge in [-0.15, -0.1) is 24.0 Å². The number of aliphatic hydroxyl groups is 1. The van der Waals surface area contributed by atoms with E-state index in [0.717, 1.165) is 29.0 Å². The molecular weight excluding hydrogens is 493 g/mol. The molecule has 1 aromatic carbocycles. The van der Waals surface area contributed by atoms with Crippen molar-refractivity contribution in [2.75, 3.05) is 31.5 Å². The molecule has 2 aromatic heterocycles. The first-order chi connectivity index (χ1) is 14.0. The SMILES string of the molecule is CCNC(=NCC(C)(O)c1ccc(C)o1)NCCNc1ccc2ccccc2n1.I. The molecule has 7 nitrogen and oxygen atoms in total. The highest BCUT2D eigenvalue weighted by Gasteiger charge is 2.26. The van der Waals surface area contributed by atoms with Crippen molar-refractivity contribution in [2.45, 2.75) is 26.4 Å². The Bertz CT molecular complexity index is 971. The number of furan rings is 1. The van der Waals surface area contributed by atoms with Crippen molar-refractivity contribution in [1.82, 2.24) is 15.6 Å². The summed E-state index contributed by atoms with van der Waals surface area (Å²) in [6.45, 7) is 7.81. The Labute approximate surface area is 194 Å². The van der Waals surface area contributed by atoms with Gasteiger partial charge in [0.2, 0.25) is 0 Å². The summed E-state index contributed by atoms with van der Waals surface area (Å²) >= 11 is 0. The predicted octanol–water partition coefficient (Wildman–Crippen LogP) is 3.63. The van der Waals surface area contributed by atoms with E-state index in [1.165, 1.54) is 0 Å². The summed E-state index contributed by atoms with van der Waals surface area (Å²) in [6, 6.07) is 15.7. The fourth-order valence-corrected chi connectivity index (χ4v) is 2.91. The van der Waals surface area contributed by atoms with Crippen LogP contribution in [0.3, 0.4) is 0 Å². The molecule has 0 aliphatic heterocycles. The molecule has 1 unspecified atom stereocenters. The van der Waals surface area contributed by atoms with Crippen LogP contribution in [0.1, 0.15) is 25.4 Å². The zero-order chi connectivity index (χ0) is 20.7. The molecule has 0 spiro atoms. The minimum Gasteiger partial charge on any atom is -0.463 e. The second-order valence-electron chi connectivity index (χ2n) is 7.12. The van der Waals surface area contributed by atoms with Crippen LogP contribution < -0.4 is 16.0 Å². The molecule has 0 fully saturated rings. The number of nitrogens with one attached hydrogen (secondary N) is 3. The molecule has 8 heteroatoms. The first-order valence-corrected chi connectivity index (χ1v) is 9.89. The van der Waals surface area contributed by atoms with Crippen LogP contribution in [0.5, 0.6) is 0 Å².